The van der Waals surface area contributed by atoms with Crippen LogP contribution in [0.5, 0.6) is 11.5 Å². The van der Waals surface area contributed by atoms with Crippen molar-refractivity contribution < 1.29 is 28.2 Å². The summed E-state index contributed by atoms with van der Waals surface area (Å²) in [7, 11) is 0. The molecule has 1 saturated carbocycles. The number of aromatic nitrogens is 1. The molecule has 1 aromatic heterocycles. The number of hydrogen-bond donors (Lipinski definition) is 2. The van der Waals surface area contributed by atoms with Crippen molar-refractivity contribution in [2.45, 2.75) is 31.5 Å². The molecule has 2 aliphatic rings. The molecular weight excluding hydrogens is 478 g/mol. The highest BCUT2D eigenvalue weighted by Crippen LogP contribution is 2.52. The molecule has 8 heteroatoms. The summed E-state index contributed by atoms with van der Waals surface area (Å²) in [5.74, 6) is 0.171. The fourth-order valence-electron chi connectivity index (χ4n) is 4.70. The Kier molecular flexibility index (Phi) is 5.15. The third-order valence-electron chi connectivity index (χ3n) is 6.85. The van der Waals surface area contributed by atoms with Crippen LogP contribution in [0.4, 0.5) is 14.6 Å². The fraction of sp³-hybridized carbons (Fsp3) is 0.172. The summed E-state index contributed by atoms with van der Waals surface area (Å²) in [6.45, 7) is 1.76. The summed E-state index contributed by atoms with van der Waals surface area (Å²) in [6, 6.07) is 21.4. The summed E-state index contributed by atoms with van der Waals surface area (Å²) >= 11 is 0. The fourth-order valence-corrected chi connectivity index (χ4v) is 4.70. The Morgan fingerprint density at radius 2 is 1.73 bits per heavy atom. The van der Waals surface area contributed by atoms with Crippen LogP contribution in [-0.4, -0.2) is 22.3 Å². The number of carbonyl (C=O) groups is 1. The minimum atomic E-state index is -3.71. The summed E-state index contributed by atoms with van der Waals surface area (Å²) in [5.41, 5.74) is 1.95. The molecule has 6 nitrogen and oxygen atoms in total. The zero-order chi connectivity index (χ0) is 25.8. The minimum Gasteiger partial charge on any atom is -0.508 e. The van der Waals surface area contributed by atoms with Gasteiger partial charge >= 0.3 is 6.29 Å². The van der Waals surface area contributed by atoms with Gasteiger partial charge in [-0.25, -0.2) is 4.98 Å². The van der Waals surface area contributed by atoms with E-state index in [0.29, 0.717) is 35.5 Å². The smallest absolute Gasteiger partial charge is 0.508 e. The molecule has 186 valence electrons. The second-order valence-corrected chi connectivity index (χ2v) is 9.19. The highest BCUT2D eigenvalue weighted by molar-refractivity contribution is 6.03. The molecule has 0 saturated heterocycles. The zero-order valence-electron chi connectivity index (χ0n) is 19.8. The van der Waals surface area contributed by atoms with Gasteiger partial charge in [-0.2, -0.15) is 0 Å². The average molecular weight is 501 g/mol. The summed E-state index contributed by atoms with van der Waals surface area (Å²) in [4.78, 5) is 18.2. The molecule has 1 amide bonds. The van der Waals surface area contributed by atoms with E-state index in [-0.39, 0.29) is 23.2 Å². The van der Waals surface area contributed by atoms with Crippen LogP contribution >= 0.6 is 0 Å². The number of anilines is 1. The van der Waals surface area contributed by atoms with Gasteiger partial charge in [0.1, 0.15) is 11.6 Å². The molecule has 6 rings (SSSR count). The third kappa shape index (κ3) is 4.04. The molecule has 1 aliphatic carbocycles. The van der Waals surface area contributed by atoms with Crippen molar-refractivity contribution in [1.29, 1.82) is 0 Å². The van der Waals surface area contributed by atoms with Crippen LogP contribution in [-0.2, 0) is 10.2 Å². The molecule has 1 aliphatic heterocycles. The number of halogens is 2. The molecule has 3 aromatic carbocycles. The van der Waals surface area contributed by atoms with E-state index in [1.165, 1.54) is 12.1 Å². The number of rotatable bonds is 5. The number of aliphatic hydroxyl groups is 1. The maximum absolute atomic E-state index is 13.5. The minimum absolute atomic E-state index is 0.0560. The topological polar surface area (TPSA) is 80.7 Å². The van der Waals surface area contributed by atoms with E-state index in [2.05, 4.69) is 14.8 Å². The van der Waals surface area contributed by atoms with Gasteiger partial charge in [-0.1, -0.05) is 54.6 Å². The van der Waals surface area contributed by atoms with Crippen LogP contribution in [0.15, 0.2) is 78.9 Å². The summed E-state index contributed by atoms with van der Waals surface area (Å²) in [6.07, 6.45) is -0.941. The number of amides is 1. The maximum Gasteiger partial charge on any atom is 0.586 e. The van der Waals surface area contributed by atoms with E-state index in [9.17, 15) is 18.7 Å². The third-order valence-corrected chi connectivity index (χ3v) is 6.85. The lowest BCUT2D eigenvalue weighted by Gasteiger charge is -2.17. The number of nitrogens with zero attached hydrogens (tertiary/aromatic N) is 1. The first-order valence-corrected chi connectivity index (χ1v) is 11.9. The van der Waals surface area contributed by atoms with Gasteiger partial charge in [-0.3, -0.25) is 4.79 Å². The van der Waals surface area contributed by atoms with Gasteiger partial charge in [0.25, 0.3) is 0 Å². The molecule has 37 heavy (non-hydrogen) atoms. The Morgan fingerprint density at radius 1 is 1.00 bits per heavy atom. The monoisotopic (exact) mass is 500 g/mol. The van der Waals surface area contributed by atoms with E-state index in [1.807, 2.05) is 54.6 Å². The molecule has 0 spiro atoms. The maximum atomic E-state index is 13.5. The van der Waals surface area contributed by atoms with E-state index in [1.54, 1.807) is 19.1 Å². The molecule has 0 bridgehead atoms. The first-order valence-electron chi connectivity index (χ1n) is 11.9. The lowest BCUT2D eigenvalue weighted by Crippen LogP contribution is -2.28. The van der Waals surface area contributed by atoms with Crippen LogP contribution in [0.1, 0.15) is 30.9 Å². The highest BCUT2D eigenvalue weighted by Gasteiger charge is 2.53. The van der Waals surface area contributed by atoms with Gasteiger partial charge < -0.3 is 19.9 Å². The van der Waals surface area contributed by atoms with Crippen molar-refractivity contribution in [3.8, 4) is 22.8 Å². The lowest BCUT2D eigenvalue weighted by molar-refractivity contribution is -0.286. The van der Waals surface area contributed by atoms with Crippen molar-refractivity contribution in [3.05, 3.63) is 90.0 Å². The Morgan fingerprint density at radius 3 is 2.46 bits per heavy atom. The highest BCUT2D eigenvalue weighted by atomic mass is 19.3. The predicted molar refractivity (Wildman–Crippen MR) is 136 cm³/mol. The predicted octanol–water partition coefficient (Wildman–Crippen LogP) is 6.81. The summed E-state index contributed by atoms with van der Waals surface area (Å²) in [5, 5.41) is 14.8. The molecular formula is C29H22F2N2O4. The van der Waals surface area contributed by atoms with Gasteiger partial charge in [0, 0.05) is 16.5 Å². The largest absolute Gasteiger partial charge is 0.586 e. The van der Waals surface area contributed by atoms with E-state index < -0.39 is 11.7 Å². The van der Waals surface area contributed by atoms with E-state index in [0.717, 1.165) is 16.3 Å². The number of nitrogens with one attached hydrogen (secondary N) is 1. The van der Waals surface area contributed by atoms with Gasteiger partial charge in [0.15, 0.2) is 11.5 Å². The number of benzene rings is 3. The van der Waals surface area contributed by atoms with Crippen molar-refractivity contribution in [3.63, 3.8) is 0 Å². The van der Waals surface area contributed by atoms with Crippen molar-refractivity contribution in [1.82, 2.24) is 4.98 Å². The van der Waals surface area contributed by atoms with E-state index >= 15 is 0 Å². The van der Waals surface area contributed by atoms with Gasteiger partial charge in [-0.15, -0.1) is 8.78 Å². The van der Waals surface area contributed by atoms with Crippen LogP contribution in [0.25, 0.3) is 27.8 Å². The molecule has 4 aromatic rings. The quantitative estimate of drug-likeness (QED) is 0.294. The SMILES string of the molecule is C/C=C(/O)c1ccc(-c2nc(NC(=O)C3(c4ccc5c(c4)OC(F)(F)O5)CC3)cc3ccccc23)cc1. The number of pyridine rings is 1. The Bertz CT molecular complexity index is 1580. The molecule has 1 fully saturated rings. The standard InChI is InChI=1S/C29H22F2N2O4/c1-2-22(34)17-7-9-18(10-8-17)26-21-6-4-3-5-19(21)15-25(32-26)33-27(35)28(13-14-28)20-11-12-23-24(16-20)37-29(30,31)36-23/h2-12,15-16,34H,13-14H2,1H3,(H,32,33,35)/b22-2+. The van der Waals surface area contributed by atoms with Crippen molar-refractivity contribution in [2.24, 2.45) is 0 Å². The number of carbonyl (C=O) groups excluding carboxylic acids is 1. The van der Waals surface area contributed by atoms with Crippen LogP contribution in [0, 0.1) is 0 Å². The van der Waals surface area contributed by atoms with Gasteiger partial charge in [0.05, 0.1) is 11.1 Å². The van der Waals surface area contributed by atoms with Crippen LogP contribution < -0.4 is 14.8 Å². The first kappa shape index (κ1) is 23.0. The lowest BCUT2D eigenvalue weighted by atomic mass is 9.94. The van der Waals surface area contributed by atoms with E-state index in [4.69, 9.17) is 4.98 Å². The second-order valence-electron chi connectivity index (χ2n) is 9.19. The number of allylic oxidation sites excluding steroid dienone is 1. The molecule has 0 atom stereocenters. The number of hydrogen-bond acceptors (Lipinski definition) is 5. The second kappa shape index (κ2) is 8.30. The van der Waals surface area contributed by atoms with Gasteiger partial charge in [0.2, 0.25) is 5.91 Å². The molecule has 0 radical (unpaired) electrons. The molecule has 0 unspecified atom stereocenters. The van der Waals surface area contributed by atoms with Gasteiger partial charge in [-0.05, 0) is 55.0 Å². The Balaban J connectivity index is 1.33. The first-order chi connectivity index (χ1) is 17.8. The van der Waals surface area contributed by atoms with Crippen molar-refractivity contribution >= 4 is 28.3 Å². The normalized spacial score (nSPS) is 17.0. The number of aliphatic hydroxyl groups excluding tert-OH is 1. The molecule has 2 heterocycles. The Labute approximate surface area is 211 Å². The van der Waals surface area contributed by atoms with Crippen LogP contribution in [0.2, 0.25) is 0 Å². The Hall–Kier alpha value is -4.46. The summed E-state index contributed by atoms with van der Waals surface area (Å²) < 4.78 is 36.0. The molecule has 2 N–H and O–H groups in total. The van der Waals surface area contributed by atoms with Crippen molar-refractivity contribution in [2.75, 3.05) is 5.32 Å². The zero-order valence-corrected chi connectivity index (χ0v) is 19.8. The number of ether oxygens (including phenoxy) is 2. The van der Waals surface area contributed by atoms with Crippen LogP contribution in [0.3, 0.4) is 0 Å². The number of alkyl halides is 2. The average Bonchev–Trinajstić information content (AvgIpc) is 3.65. The number of fused-ring (bicyclic) bond motifs is 2.